The van der Waals surface area contributed by atoms with Crippen LogP contribution in [0.15, 0.2) is 60.1 Å². The van der Waals surface area contributed by atoms with Crippen LogP contribution >= 0.6 is 0 Å². The number of hydrogen-bond acceptors (Lipinski definition) is 7. The van der Waals surface area contributed by atoms with Crippen molar-refractivity contribution in [2.45, 2.75) is 69.9 Å². The van der Waals surface area contributed by atoms with Gasteiger partial charge in [0.15, 0.2) is 0 Å². The number of carbonyl (C=O) groups is 2. The number of carbonyl (C=O) groups excluding carboxylic acids is 2. The maximum absolute atomic E-state index is 13.8. The molecule has 1 fully saturated rings. The first kappa shape index (κ1) is 29.8. The minimum absolute atomic E-state index is 0.111. The van der Waals surface area contributed by atoms with Gasteiger partial charge in [-0.25, -0.2) is 13.1 Å². The lowest BCUT2D eigenvalue weighted by Crippen LogP contribution is -2.30. The van der Waals surface area contributed by atoms with Crippen molar-refractivity contribution in [1.29, 1.82) is 0 Å². The lowest BCUT2D eigenvalue weighted by molar-refractivity contribution is 0.0928. The number of aryl methyl sites for hydroxylation is 2. The van der Waals surface area contributed by atoms with Gasteiger partial charge < -0.3 is 10.6 Å². The van der Waals surface area contributed by atoms with Crippen molar-refractivity contribution in [3.05, 3.63) is 94.3 Å². The minimum atomic E-state index is -3.92. The van der Waals surface area contributed by atoms with Crippen molar-refractivity contribution in [3.8, 4) is 0 Å². The number of amides is 2. The molecule has 2 aliphatic carbocycles. The van der Waals surface area contributed by atoms with Crippen LogP contribution in [0.3, 0.4) is 0 Å². The maximum atomic E-state index is 13.8. The molecule has 10 nitrogen and oxygen atoms in total. The van der Waals surface area contributed by atoms with Crippen molar-refractivity contribution in [2.24, 2.45) is 5.92 Å². The number of aromatic nitrogens is 3. The quantitative estimate of drug-likeness (QED) is 0.246. The van der Waals surface area contributed by atoms with Gasteiger partial charge in [0.25, 0.3) is 11.8 Å². The summed E-state index contributed by atoms with van der Waals surface area (Å²) < 4.78 is 30.4. The van der Waals surface area contributed by atoms with E-state index in [2.05, 4.69) is 25.3 Å². The van der Waals surface area contributed by atoms with Gasteiger partial charge >= 0.3 is 0 Å². The number of pyridine rings is 3. The van der Waals surface area contributed by atoms with Crippen LogP contribution in [0, 0.1) is 19.8 Å². The minimum Gasteiger partial charge on any atom is -0.345 e. The molecule has 0 aliphatic heterocycles. The Morgan fingerprint density at radius 2 is 1.45 bits per heavy atom. The summed E-state index contributed by atoms with van der Waals surface area (Å²) >= 11 is 0. The van der Waals surface area contributed by atoms with E-state index in [9.17, 15) is 18.0 Å². The van der Waals surface area contributed by atoms with Gasteiger partial charge in [-0.05, 0) is 85.5 Å². The second-order valence-electron chi connectivity index (χ2n) is 12.3. The zero-order valence-corrected chi connectivity index (χ0v) is 26.0. The molecular formula is C33H36N6O4S. The molecule has 0 spiro atoms. The number of rotatable bonds is 9. The fourth-order valence-corrected chi connectivity index (χ4v) is 7.24. The second kappa shape index (κ2) is 11.7. The van der Waals surface area contributed by atoms with E-state index in [-0.39, 0.29) is 29.2 Å². The zero-order valence-electron chi connectivity index (χ0n) is 25.2. The van der Waals surface area contributed by atoms with E-state index in [1.807, 2.05) is 33.8 Å². The summed E-state index contributed by atoms with van der Waals surface area (Å²) in [7, 11) is -3.92. The van der Waals surface area contributed by atoms with E-state index in [1.54, 1.807) is 36.8 Å². The molecule has 3 heterocycles. The van der Waals surface area contributed by atoms with Gasteiger partial charge in [0.2, 0.25) is 10.0 Å². The molecule has 3 N–H and O–H groups in total. The molecule has 3 aromatic heterocycles. The van der Waals surface area contributed by atoms with E-state index in [0.717, 1.165) is 35.2 Å². The van der Waals surface area contributed by atoms with E-state index in [0.29, 0.717) is 39.8 Å². The number of nitrogens with zero attached hydrogens (tertiary/aromatic N) is 3. The highest BCUT2D eigenvalue weighted by Crippen LogP contribution is 2.47. The average Bonchev–Trinajstić information content (AvgIpc) is 3.79. The normalized spacial score (nSPS) is 17.9. The van der Waals surface area contributed by atoms with Crippen LogP contribution in [0.2, 0.25) is 0 Å². The van der Waals surface area contributed by atoms with Crippen molar-refractivity contribution in [2.75, 3.05) is 6.54 Å². The molecule has 2 atom stereocenters. The summed E-state index contributed by atoms with van der Waals surface area (Å²) in [6.45, 7) is 7.90. The van der Waals surface area contributed by atoms with Crippen LogP contribution in [-0.2, 0) is 10.0 Å². The van der Waals surface area contributed by atoms with E-state index in [4.69, 9.17) is 4.98 Å². The lowest BCUT2D eigenvalue weighted by atomic mass is 9.98. The number of benzene rings is 1. The van der Waals surface area contributed by atoms with Crippen LogP contribution in [0.25, 0.3) is 10.8 Å². The van der Waals surface area contributed by atoms with Gasteiger partial charge in [-0.15, -0.1) is 0 Å². The van der Waals surface area contributed by atoms with Gasteiger partial charge in [0.05, 0.1) is 28.1 Å². The van der Waals surface area contributed by atoms with Gasteiger partial charge in [-0.2, -0.15) is 0 Å². The Morgan fingerprint density at radius 3 is 2.02 bits per heavy atom. The number of hydrogen-bond donors (Lipinski definition) is 3. The van der Waals surface area contributed by atoms with E-state index in [1.165, 1.54) is 12.4 Å². The van der Waals surface area contributed by atoms with E-state index >= 15 is 0 Å². The third-order valence-electron chi connectivity index (χ3n) is 8.13. The zero-order chi connectivity index (χ0) is 31.2. The van der Waals surface area contributed by atoms with Crippen LogP contribution in [0.1, 0.15) is 99.8 Å². The molecule has 2 unspecified atom stereocenters. The molecule has 11 heteroatoms. The van der Waals surface area contributed by atoms with Crippen molar-refractivity contribution in [1.82, 2.24) is 30.3 Å². The smallest absolute Gasteiger partial charge is 0.253 e. The summed E-state index contributed by atoms with van der Waals surface area (Å²) in [5.74, 6) is -0.222. The lowest BCUT2D eigenvalue weighted by Gasteiger charge is -2.19. The SMILES string of the molecule is Cc1cncc(C(=O)NC2CC(NC(=O)c3cncc(C)c3)c3c2cc(S(=O)(=O)NCC(C)C)c2cc(C4CC4)ncc32)c1. The Morgan fingerprint density at radius 1 is 0.841 bits per heavy atom. The predicted molar refractivity (Wildman–Crippen MR) is 167 cm³/mol. The molecule has 1 saturated carbocycles. The average molecular weight is 613 g/mol. The van der Waals surface area contributed by atoms with E-state index < -0.39 is 22.1 Å². The third kappa shape index (κ3) is 6.07. The fourth-order valence-electron chi connectivity index (χ4n) is 5.79. The van der Waals surface area contributed by atoms with Crippen molar-refractivity contribution < 1.29 is 18.0 Å². The first-order valence-electron chi connectivity index (χ1n) is 14.9. The first-order chi connectivity index (χ1) is 21.0. The summed E-state index contributed by atoms with van der Waals surface area (Å²) in [6.07, 6.45) is 10.4. The number of sulfonamides is 1. The van der Waals surface area contributed by atoms with Crippen LogP contribution in [0.4, 0.5) is 0 Å². The number of nitrogens with one attached hydrogen (secondary N) is 3. The maximum Gasteiger partial charge on any atom is 0.253 e. The summed E-state index contributed by atoms with van der Waals surface area (Å²) in [6, 6.07) is 5.96. The highest BCUT2D eigenvalue weighted by Gasteiger charge is 2.38. The molecule has 228 valence electrons. The fraction of sp³-hybridized carbons (Fsp3) is 0.364. The first-order valence-corrected chi connectivity index (χ1v) is 16.4. The Hall–Kier alpha value is -4.22. The molecule has 6 rings (SSSR count). The summed E-state index contributed by atoms with van der Waals surface area (Å²) in [5.41, 5.74) is 4.75. The third-order valence-corrected chi connectivity index (χ3v) is 9.59. The summed E-state index contributed by atoms with van der Waals surface area (Å²) in [4.78, 5) is 40.0. The summed E-state index contributed by atoms with van der Waals surface area (Å²) in [5, 5.41) is 7.42. The Labute approximate surface area is 257 Å². The monoisotopic (exact) mass is 612 g/mol. The standard InChI is InChI=1S/C33H36N6O4S/c1-18(2)12-37-44(42,43)30-10-25-28(38-32(40)22-7-19(3)13-34-15-22)11-29(39-33(41)23-8-20(4)14-35-16-23)31(25)26-17-36-27(9-24(26)30)21-5-6-21/h7-10,13-18,21,28-29,37H,5-6,11-12H2,1-4H3,(H,38,40)(H,39,41). The van der Waals surface area contributed by atoms with Crippen LogP contribution in [-0.4, -0.2) is 41.7 Å². The van der Waals surface area contributed by atoms with Crippen LogP contribution in [0.5, 0.6) is 0 Å². The second-order valence-corrected chi connectivity index (χ2v) is 14.1. The highest BCUT2D eigenvalue weighted by molar-refractivity contribution is 7.89. The van der Waals surface area contributed by atoms with Crippen molar-refractivity contribution >= 4 is 32.6 Å². The highest BCUT2D eigenvalue weighted by atomic mass is 32.2. The van der Waals surface area contributed by atoms with Crippen LogP contribution < -0.4 is 15.4 Å². The largest absolute Gasteiger partial charge is 0.345 e. The van der Waals surface area contributed by atoms with Gasteiger partial charge in [-0.1, -0.05) is 13.8 Å². The molecule has 2 amide bonds. The Bertz CT molecular complexity index is 1890. The molecule has 4 aromatic rings. The molecule has 44 heavy (non-hydrogen) atoms. The van der Waals surface area contributed by atoms with Gasteiger partial charge in [0.1, 0.15) is 0 Å². The Balaban J connectivity index is 1.48. The number of fused-ring (bicyclic) bond motifs is 3. The van der Waals surface area contributed by atoms with Gasteiger partial charge in [-0.3, -0.25) is 24.5 Å². The van der Waals surface area contributed by atoms with Gasteiger partial charge in [0, 0.05) is 59.9 Å². The molecule has 0 bridgehead atoms. The molecule has 2 aliphatic rings. The molecule has 1 aromatic carbocycles. The van der Waals surface area contributed by atoms with Crippen molar-refractivity contribution in [3.63, 3.8) is 0 Å². The topological polar surface area (TPSA) is 143 Å². The molecule has 0 saturated heterocycles. The predicted octanol–water partition coefficient (Wildman–Crippen LogP) is 4.80. The molecular weight excluding hydrogens is 576 g/mol. The Kier molecular flexibility index (Phi) is 7.93. The molecule has 0 radical (unpaired) electrons.